The molecule has 4 aromatic rings. The van der Waals surface area contributed by atoms with Crippen LogP contribution in [0.3, 0.4) is 0 Å². The quantitative estimate of drug-likeness (QED) is 0.167. The molecule has 0 spiro atoms. The van der Waals surface area contributed by atoms with E-state index in [4.69, 9.17) is 0 Å². The van der Waals surface area contributed by atoms with Crippen molar-refractivity contribution in [2.24, 2.45) is 10.3 Å². The predicted octanol–water partition coefficient (Wildman–Crippen LogP) is 6.47. The van der Waals surface area contributed by atoms with Crippen molar-refractivity contribution in [1.82, 2.24) is 4.57 Å². The van der Waals surface area contributed by atoms with Crippen LogP contribution in [-0.2, 0) is 13.0 Å². The topological polar surface area (TPSA) is 70.1 Å². The zero-order valence-electron chi connectivity index (χ0n) is 16.4. The molecular formula is C24H19Br2N3O2. The van der Waals surface area contributed by atoms with Crippen LogP contribution in [0.4, 0.5) is 0 Å². The van der Waals surface area contributed by atoms with Gasteiger partial charge in [-0.25, -0.2) is 0 Å². The first-order valence-electron chi connectivity index (χ1n) is 9.59. The molecule has 4 rings (SSSR count). The number of para-hydroxylation sites is 1. The Labute approximate surface area is 196 Å². The number of hydrogen-bond acceptors (Lipinski definition) is 4. The molecule has 3 aromatic carbocycles. The molecule has 1 heterocycles. The lowest BCUT2D eigenvalue weighted by molar-refractivity contribution is 0.317. The van der Waals surface area contributed by atoms with Crippen LogP contribution in [0.1, 0.15) is 16.7 Å². The highest BCUT2D eigenvalue weighted by molar-refractivity contribution is 9.10. The third kappa shape index (κ3) is 4.73. The monoisotopic (exact) mass is 539 g/mol. The summed E-state index contributed by atoms with van der Waals surface area (Å²) in [5, 5.41) is 27.5. The summed E-state index contributed by atoms with van der Waals surface area (Å²) in [4.78, 5) is 0. The fourth-order valence-electron chi connectivity index (χ4n) is 3.60. The van der Waals surface area contributed by atoms with Crippen molar-refractivity contribution in [3.05, 3.63) is 105 Å². The van der Waals surface area contributed by atoms with E-state index in [9.17, 15) is 10.4 Å². The smallest absolute Gasteiger partial charge is 0.106 e. The lowest BCUT2D eigenvalue weighted by atomic mass is 10.0. The Morgan fingerprint density at radius 1 is 0.742 bits per heavy atom. The Hall–Kier alpha value is -2.90. The van der Waals surface area contributed by atoms with E-state index in [0.29, 0.717) is 24.4 Å². The summed E-state index contributed by atoms with van der Waals surface area (Å²) < 4.78 is 3.98. The molecule has 0 aliphatic rings. The fraction of sp³-hybridized carbons (Fsp3) is 0.0833. The number of hydrogen-bond donors (Lipinski definition) is 2. The molecule has 1 aromatic heterocycles. The van der Waals surface area contributed by atoms with E-state index in [-0.39, 0.29) is 0 Å². The summed E-state index contributed by atoms with van der Waals surface area (Å²) in [6.07, 6.45) is 2.49. The van der Waals surface area contributed by atoms with E-state index in [2.05, 4.69) is 46.7 Å². The minimum absolute atomic E-state index is 0.405. The lowest BCUT2D eigenvalue weighted by Gasteiger charge is -2.08. The highest BCUT2D eigenvalue weighted by Crippen LogP contribution is 2.24. The van der Waals surface area contributed by atoms with E-state index in [1.54, 1.807) is 0 Å². The van der Waals surface area contributed by atoms with Crippen LogP contribution in [-0.4, -0.2) is 26.4 Å². The Balaban J connectivity index is 1.68. The van der Waals surface area contributed by atoms with E-state index in [0.717, 1.165) is 36.5 Å². The van der Waals surface area contributed by atoms with Crippen LogP contribution in [0.5, 0.6) is 0 Å². The first-order valence-corrected chi connectivity index (χ1v) is 11.2. The molecule has 156 valence electrons. The van der Waals surface area contributed by atoms with Gasteiger partial charge >= 0.3 is 0 Å². The van der Waals surface area contributed by atoms with Crippen molar-refractivity contribution in [2.75, 3.05) is 0 Å². The summed E-state index contributed by atoms with van der Waals surface area (Å²) in [6.45, 7) is 0.405. The van der Waals surface area contributed by atoms with Crippen molar-refractivity contribution in [3.8, 4) is 0 Å². The normalized spacial score (nSPS) is 12.5. The van der Waals surface area contributed by atoms with Crippen LogP contribution in [0.2, 0.25) is 0 Å². The number of fused-ring (bicyclic) bond motifs is 1. The molecule has 2 N–H and O–H groups in total. The Morgan fingerprint density at radius 3 is 1.87 bits per heavy atom. The average molecular weight is 541 g/mol. The second-order valence-corrected chi connectivity index (χ2v) is 8.91. The van der Waals surface area contributed by atoms with Crippen molar-refractivity contribution < 1.29 is 10.4 Å². The molecule has 7 heteroatoms. The second-order valence-electron chi connectivity index (χ2n) is 7.08. The Kier molecular flexibility index (Phi) is 6.53. The zero-order valence-corrected chi connectivity index (χ0v) is 19.6. The van der Waals surface area contributed by atoms with E-state index >= 15 is 0 Å². The summed E-state index contributed by atoms with van der Waals surface area (Å²) in [5.74, 6) is 0. The van der Waals surface area contributed by atoms with Gasteiger partial charge in [-0.2, -0.15) is 0 Å². The van der Waals surface area contributed by atoms with Gasteiger partial charge in [-0.05, 0) is 41.5 Å². The van der Waals surface area contributed by atoms with Gasteiger partial charge in [-0.15, -0.1) is 0 Å². The van der Waals surface area contributed by atoms with Gasteiger partial charge in [0.05, 0.1) is 12.3 Å². The van der Waals surface area contributed by atoms with Crippen LogP contribution in [0.25, 0.3) is 10.9 Å². The number of halogens is 2. The maximum absolute atomic E-state index is 9.66. The summed E-state index contributed by atoms with van der Waals surface area (Å²) in [7, 11) is 0. The number of oxime groups is 2. The molecule has 0 radical (unpaired) electrons. The second kappa shape index (κ2) is 9.49. The number of aromatic nitrogens is 1. The predicted molar refractivity (Wildman–Crippen MR) is 131 cm³/mol. The van der Waals surface area contributed by atoms with Gasteiger partial charge in [0.25, 0.3) is 0 Å². The number of nitrogens with zero attached hydrogens (tertiary/aromatic N) is 3. The largest absolute Gasteiger partial charge is 0.411 e. The van der Waals surface area contributed by atoms with Gasteiger partial charge in [0, 0.05) is 38.0 Å². The van der Waals surface area contributed by atoms with Crippen LogP contribution < -0.4 is 0 Å². The lowest BCUT2D eigenvalue weighted by Crippen LogP contribution is -2.11. The minimum atomic E-state index is 0.405. The Bertz CT molecular complexity index is 1160. The van der Waals surface area contributed by atoms with Crippen molar-refractivity contribution in [3.63, 3.8) is 0 Å². The third-order valence-electron chi connectivity index (χ3n) is 5.15. The molecule has 31 heavy (non-hydrogen) atoms. The highest BCUT2D eigenvalue weighted by atomic mass is 79.9. The molecule has 0 saturated carbocycles. The zero-order chi connectivity index (χ0) is 21.8. The molecule has 0 bridgehead atoms. The molecule has 5 nitrogen and oxygen atoms in total. The minimum Gasteiger partial charge on any atom is -0.411 e. The average Bonchev–Trinajstić information content (AvgIpc) is 3.14. The van der Waals surface area contributed by atoms with E-state index in [1.807, 2.05) is 79.0 Å². The van der Waals surface area contributed by atoms with Crippen LogP contribution >= 0.6 is 31.9 Å². The molecule has 0 amide bonds. The fourth-order valence-corrected chi connectivity index (χ4v) is 4.13. The molecule has 0 saturated heterocycles. The molecule has 0 fully saturated rings. The first-order chi connectivity index (χ1) is 15.1. The van der Waals surface area contributed by atoms with E-state index in [1.165, 1.54) is 0 Å². The van der Waals surface area contributed by atoms with Gasteiger partial charge in [0.2, 0.25) is 0 Å². The van der Waals surface area contributed by atoms with Crippen molar-refractivity contribution in [2.45, 2.75) is 13.0 Å². The molecule has 0 aliphatic carbocycles. The third-order valence-corrected chi connectivity index (χ3v) is 6.20. The maximum Gasteiger partial charge on any atom is 0.106 e. The Morgan fingerprint density at radius 2 is 1.29 bits per heavy atom. The summed E-state index contributed by atoms with van der Waals surface area (Å²) in [6, 6.07) is 23.4. The molecular weight excluding hydrogens is 522 g/mol. The maximum atomic E-state index is 9.66. The molecule has 0 atom stereocenters. The van der Waals surface area contributed by atoms with Gasteiger partial charge in [0.1, 0.15) is 5.71 Å². The number of benzene rings is 3. The molecule has 0 unspecified atom stereocenters. The van der Waals surface area contributed by atoms with Gasteiger partial charge in [-0.3, -0.25) is 0 Å². The van der Waals surface area contributed by atoms with Crippen LogP contribution in [0, 0.1) is 0 Å². The van der Waals surface area contributed by atoms with Gasteiger partial charge < -0.3 is 15.0 Å². The van der Waals surface area contributed by atoms with E-state index < -0.39 is 0 Å². The summed E-state index contributed by atoms with van der Waals surface area (Å²) in [5.41, 5.74) is 4.89. The summed E-state index contributed by atoms with van der Waals surface area (Å²) >= 11 is 6.86. The SMILES string of the molecule is O/N=C(\Cc1cn(C/C(=N/O)c2ccc(Br)cc2)c2ccccc12)c1ccc(Br)cc1. The first kappa shape index (κ1) is 21.3. The van der Waals surface area contributed by atoms with Gasteiger partial charge in [-0.1, -0.05) is 84.6 Å². The van der Waals surface area contributed by atoms with Crippen LogP contribution in [0.15, 0.2) is 98.3 Å². The van der Waals surface area contributed by atoms with Crippen molar-refractivity contribution >= 4 is 54.2 Å². The van der Waals surface area contributed by atoms with Gasteiger partial charge in [0.15, 0.2) is 0 Å². The number of rotatable bonds is 6. The standard InChI is InChI=1S/C24H19Br2N3O2/c25-19-9-5-16(6-10-19)22(27-30)13-18-14-29(24-4-2-1-3-21(18)24)15-23(28-31)17-7-11-20(26)12-8-17/h1-12,14,30-31H,13,15H2/b27-22+,28-23-. The van der Waals surface area contributed by atoms with Crippen molar-refractivity contribution in [1.29, 1.82) is 0 Å². The highest BCUT2D eigenvalue weighted by Gasteiger charge is 2.15. The molecule has 0 aliphatic heterocycles.